The topological polar surface area (TPSA) is 32.3 Å². The molecule has 0 spiro atoms. The standard InChI is InChI=1S/C17H19ClN2OS/c1-20(10-12-8-9-22-11-12)17(21)19-16(13-2-3-13)14-4-6-15(18)7-5-14/h4-9,11,13,16H,2-3,10H2,1H3,(H,19,21)/t16-/m0/s1. The minimum absolute atomic E-state index is 0.0296. The number of amides is 2. The fraction of sp³-hybridized carbons (Fsp3) is 0.353. The van der Waals surface area contributed by atoms with Gasteiger partial charge in [-0.2, -0.15) is 11.3 Å². The zero-order chi connectivity index (χ0) is 15.5. The lowest BCUT2D eigenvalue weighted by Gasteiger charge is -2.24. The third kappa shape index (κ3) is 3.81. The summed E-state index contributed by atoms with van der Waals surface area (Å²) < 4.78 is 0. The highest BCUT2D eigenvalue weighted by atomic mass is 35.5. The molecule has 1 saturated carbocycles. The van der Waals surface area contributed by atoms with E-state index < -0.39 is 0 Å². The smallest absolute Gasteiger partial charge is 0.317 e. The van der Waals surface area contributed by atoms with Crippen molar-refractivity contribution in [2.24, 2.45) is 5.92 Å². The number of nitrogens with zero attached hydrogens (tertiary/aromatic N) is 1. The predicted octanol–water partition coefficient (Wildman–Crippen LogP) is 4.69. The average Bonchev–Trinajstić information content (AvgIpc) is 3.23. The van der Waals surface area contributed by atoms with Crippen LogP contribution in [-0.4, -0.2) is 18.0 Å². The van der Waals surface area contributed by atoms with Gasteiger partial charge < -0.3 is 10.2 Å². The van der Waals surface area contributed by atoms with Gasteiger partial charge in [0.2, 0.25) is 0 Å². The Labute approximate surface area is 139 Å². The van der Waals surface area contributed by atoms with Crippen molar-refractivity contribution in [3.05, 3.63) is 57.2 Å². The number of rotatable bonds is 5. The van der Waals surface area contributed by atoms with Crippen LogP contribution >= 0.6 is 22.9 Å². The number of halogens is 1. The van der Waals surface area contributed by atoms with Crippen LogP contribution in [-0.2, 0) is 6.54 Å². The van der Waals surface area contributed by atoms with E-state index in [4.69, 9.17) is 11.6 Å². The second kappa shape index (κ2) is 6.71. The van der Waals surface area contributed by atoms with E-state index in [1.165, 1.54) is 12.8 Å². The molecule has 1 heterocycles. The van der Waals surface area contributed by atoms with Crippen molar-refractivity contribution in [2.75, 3.05) is 7.05 Å². The van der Waals surface area contributed by atoms with Gasteiger partial charge in [-0.3, -0.25) is 0 Å². The Morgan fingerprint density at radius 1 is 1.36 bits per heavy atom. The predicted molar refractivity (Wildman–Crippen MR) is 91.2 cm³/mol. The molecule has 1 aliphatic rings. The summed E-state index contributed by atoms with van der Waals surface area (Å²) in [6.45, 7) is 0.632. The first-order chi connectivity index (χ1) is 10.6. The van der Waals surface area contributed by atoms with Crippen LogP contribution in [0.2, 0.25) is 5.02 Å². The maximum Gasteiger partial charge on any atom is 0.317 e. The first kappa shape index (κ1) is 15.4. The summed E-state index contributed by atoms with van der Waals surface area (Å²) in [6, 6.07) is 9.87. The van der Waals surface area contributed by atoms with Crippen LogP contribution < -0.4 is 5.32 Å². The van der Waals surface area contributed by atoms with Crippen LogP contribution in [0.15, 0.2) is 41.1 Å². The Hall–Kier alpha value is -1.52. The molecule has 0 bridgehead atoms. The highest BCUT2D eigenvalue weighted by molar-refractivity contribution is 7.07. The largest absolute Gasteiger partial charge is 0.331 e. The first-order valence-electron chi connectivity index (χ1n) is 7.41. The summed E-state index contributed by atoms with van der Waals surface area (Å²) in [4.78, 5) is 14.2. The molecule has 0 saturated heterocycles. The Balaban J connectivity index is 1.65. The van der Waals surface area contributed by atoms with Crippen LogP contribution in [0.3, 0.4) is 0 Å². The highest BCUT2D eigenvalue weighted by Crippen LogP contribution is 2.41. The molecule has 1 aromatic heterocycles. The molecule has 0 unspecified atom stereocenters. The Bertz CT molecular complexity index is 623. The number of nitrogens with one attached hydrogen (secondary N) is 1. The lowest BCUT2D eigenvalue weighted by atomic mass is 10.0. The number of thiophene rings is 1. The molecular formula is C17H19ClN2OS. The van der Waals surface area contributed by atoms with Crippen LogP contribution in [0.4, 0.5) is 4.79 Å². The fourth-order valence-electron chi connectivity index (χ4n) is 2.54. The zero-order valence-electron chi connectivity index (χ0n) is 12.5. The number of urea groups is 1. The van der Waals surface area contributed by atoms with Gasteiger partial charge in [0, 0.05) is 18.6 Å². The lowest BCUT2D eigenvalue weighted by Crippen LogP contribution is -2.39. The van der Waals surface area contributed by atoms with Gasteiger partial charge in [0.05, 0.1) is 6.04 Å². The van der Waals surface area contributed by atoms with Crippen molar-refractivity contribution in [1.82, 2.24) is 10.2 Å². The van der Waals surface area contributed by atoms with Crippen LogP contribution in [0.1, 0.15) is 30.0 Å². The summed E-state index contributed by atoms with van der Waals surface area (Å²) in [7, 11) is 1.83. The zero-order valence-corrected chi connectivity index (χ0v) is 14.0. The Morgan fingerprint density at radius 2 is 2.09 bits per heavy atom. The number of carbonyl (C=O) groups is 1. The van der Waals surface area contributed by atoms with Crippen molar-refractivity contribution < 1.29 is 4.79 Å². The van der Waals surface area contributed by atoms with Crippen molar-refractivity contribution >= 4 is 29.0 Å². The van der Waals surface area contributed by atoms with Crippen molar-refractivity contribution in [3.8, 4) is 0 Å². The van der Waals surface area contributed by atoms with Crippen molar-refractivity contribution in [1.29, 1.82) is 0 Å². The third-order valence-electron chi connectivity index (χ3n) is 3.95. The van der Waals surface area contributed by atoms with E-state index in [0.717, 1.165) is 16.1 Å². The van der Waals surface area contributed by atoms with Crippen LogP contribution in [0.5, 0.6) is 0 Å². The molecule has 0 radical (unpaired) electrons. The van der Waals surface area contributed by atoms with Crippen LogP contribution in [0.25, 0.3) is 0 Å². The first-order valence-corrected chi connectivity index (χ1v) is 8.74. The summed E-state index contributed by atoms with van der Waals surface area (Å²) in [5, 5.41) is 8.00. The van der Waals surface area contributed by atoms with E-state index in [-0.39, 0.29) is 12.1 Å². The molecule has 0 aliphatic heterocycles. The number of carbonyl (C=O) groups excluding carboxylic acids is 1. The second-order valence-corrected chi connectivity index (χ2v) is 7.02. The van der Waals surface area contributed by atoms with E-state index in [1.54, 1.807) is 16.2 Å². The van der Waals surface area contributed by atoms with E-state index in [0.29, 0.717) is 12.5 Å². The lowest BCUT2D eigenvalue weighted by molar-refractivity contribution is 0.201. The van der Waals surface area contributed by atoms with Crippen molar-refractivity contribution in [3.63, 3.8) is 0 Å². The summed E-state index contributed by atoms with van der Waals surface area (Å²) in [6.07, 6.45) is 2.34. The van der Waals surface area contributed by atoms with Gasteiger partial charge >= 0.3 is 6.03 Å². The quantitative estimate of drug-likeness (QED) is 0.845. The summed E-state index contributed by atoms with van der Waals surface area (Å²) in [5.41, 5.74) is 2.29. The molecular weight excluding hydrogens is 316 g/mol. The summed E-state index contributed by atoms with van der Waals surface area (Å²) in [5.74, 6) is 0.541. The molecule has 2 amide bonds. The van der Waals surface area contributed by atoms with Gasteiger partial charge in [-0.25, -0.2) is 4.79 Å². The third-order valence-corrected chi connectivity index (χ3v) is 4.93. The highest BCUT2D eigenvalue weighted by Gasteiger charge is 2.33. The summed E-state index contributed by atoms with van der Waals surface area (Å²) >= 11 is 7.60. The number of hydrogen-bond acceptors (Lipinski definition) is 2. The molecule has 3 rings (SSSR count). The second-order valence-electron chi connectivity index (χ2n) is 5.80. The molecule has 1 N–H and O–H groups in total. The van der Waals surface area contributed by atoms with Gasteiger partial charge in [-0.15, -0.1) is 0 Å². The van der Waals surface area contributed by atoms with Gasteiger partial charge in [0.25, 0.3) is 0 Å². The maximum absolute atomic E-state index is 12.4. The molecule has 116 valence electrons. The fourth-order valence-corrected chi connectivity index (χ4v) is 3.33. The van der Waals surface area contributed by atoms with Gasteiger partial charge in [-0.1, -0.05) is 23.7 Å². The SMILES string of the molecule is CN(Cc1ccsc1)C(=O)N[C@H](c1ccc(Cl)cc1)C1CC1. The van der Waals surface area contributed by atoms with Gasteiger partial charge in [-0.05, 0) is 58.8 Å². The Morgan fingerprint density at radius 3 is 2.68 bits per heavy atom. The maximum atomic E-state index is 12.4. The van der Waals surface area contributed by atoms with Crippen LogP contribution in [0, 0.1) is 5.92 Å². The Kier molecular flexibility index (Phi) is 4.69. The van der Waals surface area contributed by atoms with Gasteiger partial charge in [0.15, 0.2) is 0 Å². The molecule has 5 heteroatoms. The molecule has 1 atom stereocenters. The number of benzene rings is 1. The van der Waals surface area contributed by atoms with E-state index >= 15 is 0 Å². The van der Waals surface area contributed by atoms with E-state index in [2.05, 4.69) is 10.7 Å². The normalized spacial score (nSPS) is 15.4. The minimum atomic E-state index is -0.0296. The van der Waals surface area contributed by atoms with Gasteiger partial charge in [0.1, 0.15) is 0 Å². The van der Waals surface area contributed by atoms with Crippen molar-refractivity contribution in [2.45, 2.75) is 25.4 Å². The molecule has 1 fully saturated rings. The molecule has 2 aromatic rings. The molecule has 22 heavy (non-hydrogen) atoms. The van der Waals surface area contributed by atoms with E-state index in [9.17, 15) is 4.79 Å². The average molecular weight is 335 g/mol. The monoisotopic (exact) mass is 334 g/mol. The molecule has 1 aromatic carbocycles. The molecule has 1 aliphatic carbocycles. The van der Waals surface area contributed by atoms with E-state index in [1.807, 2.05) is 42.8 Å². The minimum Gasteiger partial charge on any atom is -0.331 e. The number of hydrogen-bond donors (Lipinski definition) is 1. The molecule has 3 nitrogen and oxygen atoms in total.